The van der Waals surface area contributed by atoms with Crippen molar-refractivity contribution in [3.8, 4) is 0 Å². The molecule has 2 amide bonds. The Kier molecular flexibility index (Phi) is 8.41. The molecule has 0 aliphatic heterocycles. The summed E-state index contributed by atoms with van der Waals surface area (Å²) in [5.41, 5.74) is 1.45. The van der Waals surface area contributed by atoms with E-state index in [-0.39, 0.29) is 38.4 Å². The molecule has 1 aromatic heterocycles. The molecule has 2 N–H and O–H groups in total. The lowest BCUT2D eigenvalue weighted by Crippen LogP contribution is -2.38. The number of aryl methyl sites for hydroxylation is 1. The fourth-order valence-electron chi connectivity index (χ4n) is 3.58. The first kappa shape index (κ1) is 27.3. The predicted octanol–water partition coefficient (Wildman–Crippen LogP) is 5.66. The summed E-state index contributed by atoms with van der Waals surface area (Å²) in [4.78, 5) is 26.0. The van der Waals surface area contributed by atoms with E-state index in [1.165, 1.54) is 36.6 Å². The van der Waals surface area contributed by atoms with Crippen molar-refractivity contribution in [3.05, 3.63) is 112 Å². The third kappa shape index (κ3) is 6.36. The van der Waals surface area contributed by atoms with Gasteiger partial charge in [0.25, 0.3) is 15.9 Å². The minimum Gasteiger partial charge on any atom is -0.467 e. The van der Waals surface area contributed by atoms with Gasteiger partial charge < -0.3 is 15.1 Å². The normalized spacial score (nSPS) is 11.1. The van der Waals surface area contributed by atoms with Crippen molar-refractivity contribution in [2.75, 3.05) is 16.2 Å². The van der Waals surface area contributed by atoms with E-state index < -0.39 is 28.4 Å². The predicted molar refractivity (Wildman–Crippen MR) is 147 cm³/mol. The van der Waals surface area contributed by atoms with Gasteiger partial charge in [-0.1, -0.05) is 53.0 Å². The van der Waals surface area contributed by atoms with E-state index in [1.807, 2.05) is 6.92 Å². The highest BCUT2D eigenvalue weighted by atomic mass is 35.5. The molecule has 4 rings (SSSR count). The molecule has 0 aliphatic carbocycles. The number of benzene rings is 3. The molecule has 4 aromatic rings. The van der Waals surface area contributed by atoms with E-state index in [2.05, 4.69) is 10.6 Å². The van der Waals surface area contributed by atoms with Gasteiger partial charge in [0, 0.05) is 0 Å². The van der Waals surface area contributed by atoms with Crippen LogP contribution in [0.4, 0.5) is 11.4 Å². The SMILES string of the molecule is Cc1ccc(S(=O)(=O)N(CC(=O)Nc2ccccc2C(=O)NCc2ccco2)c2ccc(Cl)c(Cl)c2)cc1. The Hall–Kier alpha value is -3.79. The van der Waals surface area contributed by atoms with Crippen LogP contribution in [0.5, 0.6) is 0 Å². The van der Waals surface area contributed by atoms with Crippen LogP contribution in [0, 0.1) is 6.92 Å². The summed E-state index contributed by atoms with van der Waals surface area (Å²) in [6.45, 7) is 1.41. The Morgan fingerprint density at radius 1 is 0.921 bits per heavy atom. The van der Waals surface area contributed by atoms with Gasteiger partial charge >= 0.3 is 0 Å². The molecule has 0 spiro atoms. The number of nitrogens with one attached hydrogen (secondary N) is 2. The second kappa shape index (κ2) is 11.7. The highest BCUT2D eigenvalue weighted by Gasteiger charge is 2.28. The number of halogens is 2. The maximum absolute atomic E-state index is 13.6. The van der Waals surface area contributed by atoms with Crippen molar-refractivity contribution >= 4 is 56.4 Å². The van der Waals surface area contributed by atoms with E-state index in [9.17, 15) is 18.0 Å². The Labute approximate surface area is 230 Å². The van der Waals surface area contributed by atoms with Crippen LogP contribution in [0.25, 0.3) is 0 Å². The van der Waals surface area contributed by atoms with E-state index in [4.69, 9.17) is 27.6 Å². The van der Waals surface area contributed by atoms with Crippen LogP contribution in [0.15, 0.2) is 94.4 Å². The van der Waals surface area contributed by atoms with Gasteiger partial charge in [-0.25, -0.2) is 8.42 Å². The van der Waals surface area contributed by atoms with Gasteiger partial charge in [-0.2, -0.15) is 0 Å². The molecule has 0 aliphatic rings. The average molecular weight is 572 g/mol. The number of hydrogen-bond acceptors (Lipinski definition) is 5. The molecule has 0 unspecified atom stereocenters. The molecular weight excluding hydrogens is 549 g/mol. The molecular formula is C27H23Cl2N3O5S. The number of sulfonamides is 1. The molecule has 3 aromatic carbocycles. The second-order valence-corrected chi connectivity index (χ2v) is 11.0. The van der Waals surface area contributed by atoms with Crippen molar-refractivity contribution in [1.82, 2.24) is 5.32 Å². The minimum absolute atomic E-state index is 0.000299. The summed E-state index contributed by atoms with van der Waals surface area (Å²) in [7, 11) is -4.17. The first-order valence-electron chi connectivity index (χ1n) is 11.4. The fourth-order valence-corrected chi connectivity index (χ4v) is 5.28. The third-order valence-corrected chi connectivity index (χ3v) is 8.06. The lowest BCUT2D eigenvalue weighted by Gasteiger charge is -2.24. The van der Waals surface area contributed by atoms with Gasteiger partial charge in [-0.3, -0.25) is 13.9 Å². The van der Waals surface area contributed by atoms with Crippen LogP contribution in [0.2, 0.25) is 10.0 Å². The zero-order valence-corrected chi connectivity index (χ0v) is 22.5. The molecule has 0 saturated carbocycles. The highest BCUT2D eigenvalue weighted by molar-refractivity contribution is 7.92. The van der Waals surface area contributed by atoms with Crippen LogP contribution >= 0.6 is 23.2 Å². The number of amides is 2. The number of anilines is 2. The second-order valence-electron chi connectivity index (χ2n) is 8.28. The highest BCUT2D eigenvalue weighted by Crippen LogP contribution is 2.30. The molecule has 0 atom stereocenters. The molecule has 38 heavy (non-hydrogen) atoms. The van der Waals surface area contributed by atoms with Gasteiger partial charge in [-0.15, -0.1) is 0 Å². The van der Waals surface area contributed by atoms with Gasteiger partial charge in [0.1, 0.15) is 12.3 Å². The first-order valence-corrected chi connectivity index (χ1v) is 13.6. The van der Waals surface area contributed by atoms with Crippen LogP contribution < -0.4 is 14.9 Å². The lowest BCUT2D eigenvalue weighted by atomic mass is 10.1. The summed E-state index contributed by atoms with van der Waals surface area (Å²) < 4.78 is 33.4. The number of rotatable bonds is 9. The summed E-state index contributed by atoms with van der Waals surface area (Å²) in [6.07, 6.45) is 1.50. The van der Waals surface area contributed by atoms with Crippen LogP contribution in [0.3, 0.4) is 0 Å². The average Bonchev–Trinajstić information content (AvgIpc) is 3.42. The van der Waals surface area contributed by atoms with E-state index >= 15 is 0 Å². The van der Waals surface area contributed by atoms with E-state index in [0.717, 1.165) is 9.87 Å². The van der Waals surface area contributed by atoms with Crippen molar-refractivity contribution in [2.45, 2.75) is 18.4 Å². The lowest BCUT2D eigenvalue weighted by molar-refractivity contribution is -0.114. The van der Waals surface area contributed by atoms with Crippen molar-refractivity contribution < 1.29 is 22.4 Å². The maximum Gasteiger partial charge on any atom is 0.264 e. The monoisotopic (exact) mass is 571 g/mol. The molecule has 0 bridgehead atoms. The molecule has 0 radical (unpaired) electrons. The van der Waals surface area contributed by atoms with Crippen molar-refractivity contribution in [1.29, 1.82) is 0 Å². The first-order chi connectivity index (χ1) is 18.1. The number of nitrogens with zero attached hydrogens (tertiary/aromatic N) is 1. The number of carbonyl (C=O) groups is 2. The van der Waals surface area contributed by atoms with Crippen LogP contribution in [0.1, 0.15) is 21.7 Å². The fraction of sp³-hybridized carbons (Fsp3) is 0.111. The van der Waals surface area contributed by atoms with E-state index in [0.29, 0.717) is 5.76 Å². The van der Waals surface area contributed by atoms with Crippen molar-refractivity contribution in [3.63, 3.8) is 0 Å². The Morgan fingerprint density at radius 2 is 1.66 bits per heavy atom. The van der Waals surface area contributed by atoms with Gasteiger partial charge in [0.15, 0.2) is 0 Å². The minimum atomic E-state index is -4.17. The quantitative estimate of drug-likeness (QED) is 0.269. The zero-order valence-electron chi connectivity index (χ0n) is 20.1. The standard InChI is InChI=1S/C27H23Cl2N3O5S/c1-18-8-11-21(12-9-18)38(35,36)32(19-10-13-23(28)24(29)15-19)17-26(33)31-25-7-3-2-6-22(25)27(34)30-16-20-5-4-14-37-20/h2-15H,16-17H2,1H3,(H,30,34)(H,31,33). The molecule has 0 fully saturated rings. The van der Waals surface area contributed by atoms with Crippen LogP contribution in [-0.2, 0) is 21.4 Å². The summed E-state index contributed by atoms with van der Waals surface area (Å²) in [5, 5.41) is 5.75. The van der Waals surface area contributed by atoms with Crippen LogP contribution in [-0.4, -0.2) is 26.8 Å². The molecule has 11 heteroatoms. The number of para-hydroxylation sites is 1. The van der Waals surface area contributed by atoms with Gasteiger partial charge in [0.05, 0.1) is 44.7 Å². The van der Waals surface area contributed by atoms with E-state index in [1.54, 1.807) is 48.5 Å². The molecule has 196 valence electrons. The number of furan rings is 1. The third-order valence-electron chi connectivity index (χ3n) is 5.54. The Balaban J connectivity index is 1.59. The Bertz CT molecular complexity index is 1560. The summed E-state index contributed by atoms with van der Waals surface area (Å²) in [6, 6.07) is 20.4. The number of hydrogen-bond donors (Lipinski definition) is 2. The zero-order chi connectivity index (χ0) is 27.3. The topological polar surface area (TPSA) is 109 Å². The maximum atomic E-state index is 13.6. The molecule has 0 saturated heterocycles. The molecule has 8 nitrogen and oxygen atoms in total. The number of carbonyl (C=O) groups excluding carboxylic acids is 2. The smallest absolute Gasteiger partial charge is 0.264 e. The molecule has 1 heterocycles. The van der Waals surface area contributed by atoms with Gasteiger partial charge in [0.2, 0.25) is 5.91 Å². The van der Waals surface area contributed by atoms with Gasteiger partial charge in [-0.05, 0) is 61.5 Å². The summed E-state index contributed by atoms with van der Waals surface area (Å²) >= 11 is 12.2. The van der Waals surface area contributed by atoms with Crippen molar-refractivity contribution in [2.24, 2.45) is 0 Å². The largest absolute Gasteiger partial charge is 0.467 e. The Morgan fingerprint density at radius 3 is 2.34 bits per heavy atom. The summed E-state index contributed by atoms with van der Waals surface area (Å²) in [5.74, 6) is -0.539.